The van der Waals surface area contributed by atoms with Crippen LogP contribution in [0.25, 0.3) is 41.8 Å². The smallest absolute Gasteiger partial charge is 0.221 e. The highest BCUT2D eigenvalue weighted by Crippen LogP contribution is 2.01. The number of nitrogens with zero attached hydrogens (tertiary/aromatic N) is 14. The summed E-state index contributed by atoms with van der Waals surface area (Å²) in [4.78, 5) is 63.4. The van der Waals surface area contributed by atoms with Gasteiger partial charge in [-0.25, -0.2) is 0 Å². The summed E-state index contributed by atoms with van der Waals surface area (Å²) in [6, 6.07) is 0. The minimum absolute atomic E-state index is 0.120. The lowest BCUT2D eigenvalue weighted by molar-refractivity contribution is -0.123. The second-order valence-electron chi connectivity index (χ2n) is 8.90. The summed E-state index contributed by atoms with van der Waals surface area (Å²) in [6.07, 6.45) is 0.484. The van der Waals surface area contributed by atoms with Gasteiger partial charge in [-0.05, 0) is 22.1 Å². The Labute approximate surface area is 253 Å². The number of azide groups is 4. The van der Waals surface area contributed by atoms with Gasteiger partial charge in [-0.3, -0.25) is 19.2 Å². The largest absolute Gasteiger partial charge is 0.356 e. The molecule has 0 aliphatic carbocycles. The van der Waals surface area contributed by atoms with Gasteiger partial charge >= 0.3 is 0 Å². The molecule has 0 saturated heterocycles. The SMILES string of the molecule is [N-]=[N+]=NCCNC(=O)CCN(CCC(=O)NCCN=[N+]=[N-])CCN(CCC(=O)NCCN=[N+]=[N-])CCC(=O)NCCN=[N+]=[N-]. The van der Waals surface area contributed by atoms with Crippen LogP contribution in [0.2, 0.25) is 0 Å². The Morgan fingerprint density at radius 3 is 0.864 bits per heavy atom. The molecule has 0 spiro atoms. The van der Waals surface area contributed by atoms with E-state index in [0.29, 0.717) is 39.3 Å². The molecule has 0 unspecified atom stereocenters. The van der Waals surface area contributed by atoms with E-state index in [4.69, 9.17) is 22.1 Å². The molecule has 0 aliphatic rings. The van der Waals surface area contributed by atoms with Crippen molar-refractivity contribution in [3.63, 3.8) is 0 Å². The van der Waals surface area contributed by atoms with Crippen LogP contribution >= 0.6 is 0 Å². The van der Waals surface area contributed by atoms with E-state index in [1.165, 1.54) is 0 Å². The Hall–Kier alpha value is -4.96. The molecule has 0 aromatic heterocycles. The summed E-state index contributed by atoms with van der Waals surface area (Å²) < 4.78 is 0. The second-order valence-corrected chi connectivity index (χ2v) is 8.90. The van der Waals surface area contributed by atoms with E-state index in [1.807, 2.05) is 9.80 Å². The van der Waals surface area contributed by atoms with Gasteiger partial charge in [-0.1, -0.05) is 20.5 Å². The van der Waals surface area contributed by atoms with Gasteiger partial charge in [0.25, 0.3) is 0 Å². The van der Waals surface area contributed by atoms with Gasteiger partial charge in [0.15, 0.2) is 0 Å². The fraction of sp³-hybridized carbons (Fsp3) is 0.818. The van der Waals surface area contributed by atoms with Crippen molar-refractivity contribution in [3.8, 4) is 0 Å². The molecule has 0 aliphatic heterocycles. The Balaban J connectivity index is 5.23. The number of amides is 4. The van der Waals surface area contributed by atoms with Crippen molar-refractivity contribution in [2.24, 2.45) is 20.5 Å². The number of nitrogens with one attached hydrogen (secondary N) is 4. The number of hydrogen-bond donors (Lipinski definition) is 4. The standard InChI is InChI=1S/C22H40N18O4/c23-35-31-9-5-27-19(41)1-13-39(14-2-20(42)28-6-10-32-36-24)17-18-40(15-3-21(43)29-7-11-33-37-25)16-4-22(44)30-8-12-34-38-26/h1-18H2,(H,27,41)(H,28,42)(H,29,43)(H,30,44). The molecule has 22 heteroatoms. The molecular formula is C22H40N18O4. The molecule has 0 aromatic rings. The highest BCUT2D eigenvalue weighted by atomic mass is 16.2. The minimum Gasteiger partial charge on any atom is -0.356 e. The second kappa shape index (κ2) is 28.2. The molecule has 0 fully saturated rings. The highest BCUT2D eigenvalue weighted by molar-refractivity contribution is 5.77. The molecule has 4 N–H and O–H groups in total. The third-order valence-corrected chi connectivity index (χ3v) is 5.74. The Bertz CT molecular complexity index is 913. The monoisotopic (exact) mass is 620 g/mol. The van der Waals surface area contributed by atoms with Crippen LogP contribution in [0.3, 0.4) is 0 Å². The van der Waals surface area contributed by atoms with Crippen LogP contribution in [0.4, 0.5) is 0 Å². The zero-order valence-corrected chi connectivity index (χ0v) is 24.6. The summed E-state index contributed by atoms with van der Waals surface area (Å²) in [7, 11) is 0. The van der Waals surface area contributed by atoms with E-state index in [1.54, 1.807) is 0 Å². The van der Waals surface area contributed by atoms with Crippen LogP contribution in [0.5, 0.6) is 0 Å². The summed E-state index contributed by atoms with van der Waals surface area (Å²) in [5.41, 5.74) is 33.4. The topological polar surface area (TPSA) is 318 Å². The molecule has 0 radical (unpaired) electrons. The Morgan fingerprint density at radius 1 is 0.432 bits per heavy atom. The van der Waals surface area contributed by atoms with Gasteiger partial charge in [-0.15, -0.1) is 0 Å². The fourth-order valence-corrected chi connectivity index (χ4v) is 3.51. The average molecular weight is 621 g/mol. The van der Waals surface area contributed by atoms with Crippen molar-refractivity contribution >= 4 is 23.6 Å². The van der Waals surface area contributed by atoms with Crippen LogP contribution in [0.15, 0.2) is 20.5 Å². The molecule has 4 amide bonds. The van der Waals surface area contributed by atoms with Crippen LogP contribution in [0, 0.1) is 0 Å². The summed E-state index contributed by atoms with van der Waals surface area (Å²) in [5.74, 6) is -1.02. The van der Waals surface area contributed by atoms with Crippen molar-refractivity contribution in [3.05, 3.63) is 41.8 Å². The molecule has 22 nitrogen and oxygen atoms in total. The van der Waals surface area contributed by atoms with Crippen molar-refractivity contribution in [1.82, 2.24) is 31.1 Å². The molecule has 0 saturated carbocycles. The van der Waals surface area contributed by atoms with Crippen molar-refractivity contribution < 1.29 is 19.2 Å². The van der Waals surface area contributed by atoms with Gasteiger partial charge in [0.1, 0.15) is 0 Å². The predicted molar refractivity (Wildman–Crippen MR) is 159 cm³/mol. The zero-order chi connectivity index (χ0) is 32.7. The summed E-state index contributed by atoms with van der Waals surface area (Å²) in [6.45, 7) is 3.33. The van der Waals surface area contributed by atoms with Gasteiger partial charge in [0.2, 0.25) is 23.6 Å². The maximum absolute atomic E-state index is 12.3. The van der Waals surface area contributed by atoms with Crippen LogP contribution in [-0.4, -0.2) is 125 Å². The van der Waals surface area contributed by atoms with Gasteiger partial charge in [-0.2, -0.15) is 0 Å². The molecule has 0 heterocycles. The minimum atomic E-state index is -0.256. The van der Waals surface area contributed by atoms with Crippen LogP contribution in [-0.2, 0) is 19.2 Å². The fourth-order valence-electron chi connectivity index (χ4n) is 3.51. The Kier molecular flexibility index (Phi) is 25.0. The molecule has 0 atom stereocenters. The molecule has 0 rings (SSSR count). The number of rotatable bonds is 27. The van der Waals surface area contributed by atoms with Crippen LogP contribution < -0.4 is 21.3 Å². The van der Waals surface area contributed by atoms with Gasteiger partial charge in [0, 0.05) is 137 Å². The first-order valence-corrected chi connectivity index (χ1v) is 13.9. The average Bonchev–Trinajstić information content (AvgIpc) is 3.02. The molecule has 0 bridgehead atoms. The van der Waals surface area contributed by atoms with Gasteiger partial charge < -0.3 is 31.1 Å². The first kappa shape index (κ1) is 39.0. The van der Waals surface area contributed by atoms with Crippen LogP contribution in [0.1, 0.15) is 25.7 Å². The number of carbonyl (C=O) groups excluding carboxylic acids is 4. The first-order valence-electron chi connectivity index (χ1n) is 13.9. The normalized spacial score (nSPS) is 9.95. The lowest BCUT2D eigenvalue weighted by Gasteiger charge is -2.27. The quantitative estimate of drug-likeness (QED) is 0.0446. The van der Waals surface area contributed by atoms with E-state index in [0.717, 1.165) is 0 Å². The summed E-state index contributed by atoms with van der Waals surface area (Å²) in [5, 5.41) is 24.1. The lowest BCUT2D eigenvalue weighted by atomic mass is 10.2. The predicted octanol–water partition coefficient (Wildman–Crippen LogP) is 0.857. The third kappa shape index (κ3) is 24.8. The number of carbonyl (C=O) groups is 4. The molecule has 44 heavy (non-hydrogen) atoms. The van der Waals surface area contributed by atoms with E-state index in [-0.39, 0.29) is 102 Å². The van der Waals surface area contributed by atoms with Crippen molar-refractivity contribution in [1.29, 1.82) is 0 Å². The molecule has 0 aromatic carbocycles. The van der Waals surface area contributed by atoms with Crippen molar-refractivity contribution in [2.45, 2.75) is 25.7 Å². The Morgan fingerprint density at radius 2 is 0.659 bits per heavy atom. The molecular weight excluding hydrogens is 580 g/mol. The highest BCUT2D eigenvalue weighted by Gasteiger charge is 2.15. The summed E-state index contributed by atoms with van der Waals surface area (Å²) >= 11 is 0. The maximum atomic E-state index is 12.3. The third-order valence-electron chi connectivity index (χ3n) is 5.74. The van der Waals surface area contributed by atoms with Gasteiger partial charge in [0.05, 0.1) is 0 Å². The maximum Gasteiger partial charge on any atom is 0.221 e. The van der Waals surface area contributed by atoms with E-state index >= 15 is 0 Å². The zero-order valence-electron chi connectivity index (χ0n) is 24.6. The van der Waals surface area contributed by atoms with E-state index in [2.05, 4.69) is 61.4 Å². The van der Waals surface area contributed by atoms with E-state index in [9.17, 15) is 19.2 Å². The van der Waals surface area contributed by atoms with E-state index < -0.39 is 0 Å². The number of hydrogen-bond acceptors (Lipinski definition) is 10. The lowest BCUT2D eigenvalue weighted by Crippen LogP contribution is -2.41. The molecule has 242 valence electrons. The van der Waals surface area contributed by atoms with Crippen molar-refractivity contribution in [2.75, 3.05) is 91.6 Å². The first-order chi connectivity index (χ1) is 21.4.